The molecule has 1 saturated heterocycles. The maximum atomic E-state index is 11.7. The minimum Gasteiger partial charge on any atom is -0.383 e. The molecule has 4 N–H and O–H groups in total. The fraction of sp³-hybridized carbons (Fsp3) is 0.800. The number of carbonyl (C=O) groups is 2. The van der Waals surface area contributed by atoms with E-state index < -0.39 is 0 Å². The Morgan fingerprint density at radius 1 is 1.38 bits per heavy atom. The largest absolute Gasteiger partial charge is 0.383 e. The summed E-state index contributed by atoms with van der Waals surface area (Å²) in [7, 11) is 1.59. The smallest absolute Gasteiger partial charge is 0.241 e. The van der Waals surface area contributed by atoms with Crippen molar-refractivity contribution in [1.82, 2.24) is 15.5 Å². The third-order valence-electron chi connectivity index (χ3n) is 3.64. The standard InChI is InChI=1S/C15H29N5O3.HI/c1-3-17-15(19-10-14(22)18-6-8-23-2)20-7-4-5-12(11-20)9-13(16)21;/h12H,3-11H2,1-2H3,(H2,16,21)(H,17,19)(H,18,22);1H. The summed E-state index contributed by atoms with van der Waals surface area (Å²) in [5.74, 6) is 0.559. The molecule has 9 heteroatoms. The second-order valence-corrected chi connectivity index (χ2v) is 5.64. The number of amides is 2. The van der Waals surface area contributed by atoms with Crippen LogP contribution in [0.25, 0.3) is 0 Å². The van der Waals surface area contributed by atoms with Crippen molar-refractivity contribution < 1.29 is 14.3 Å². The Morgan fingerprint density at radius 3 is 2.75 bits per heavy atom. The zero-order valence-electron chi connectivity index (χ0n) is 14.5. The third kappa shape index (κ3) is 9.26. The number of hydrogen-bond donors (Lipinski definition) is 3. The first-order chi connectivity index (χ1) is 11.1. The van der Waals surface area contributed by atoms with Gasteiger partial charge in [-0.15, -0.1) is 24.0 Å². The first-order valence-electron chi connectivity index (χ1n) is 8.14. The van der Waals surface area contributed by atoms with Crippen LogP contribution in [0, 0.1) is 5.92 Å². The first kappa shape index (κ1) is 22.9. The minimum absolute atomic E-state index is 0. The molecule has 1 atom stereocenters. The second kappa shape index (κ2) is 13.2. The SMILES string of the molecule is CCNC(=NCC(=O)NCCOC)N1CCCC(CC(N)=O)C1.I. The molecule has 1 rings (SSSR count). The predicted molar refractivity (Wildman–Crippen MR) is 104 cm³/mol. The Labute approximate surface area is 161 Å². The number of aliphatic imine (C=N–C) groups is 1. The highest BCUT2D eigenvalue weighted by atomic mass is 127. The van der Waals surface area contributed by atoms with E-state index in [1.807, 2.05) is 6.92 Å². The number of halogens is 1. The van der Waals surface area contributed by atoms with E-state index in [0.29, 0.717) is 25.5 Å². The minimum atomic E-state index is -0.267. The van der Waals surface area contributed by atoms with E-state index in [4.69, 9.17) is 10.5 Å². The van der Waals surface area contributed by atoms with E-state index in [-0.39, 0.29) is 48.3 Å². The average Bonchev–Trinajstić information content (AvgIpc) is 2.51. The summed E-state index contributed by atoms with van der Waals surface area (Å²) in [5.41, 5.74) is 5.29. The fourth-order valence-electron chi connectivity index (χ4n) is 2.63. The number of primary amides is 1. The molecule has 0 aromatic rings. The van der Waals surface area contributed by atoms with Crippen molar-refractivity contribution in [2.75, 3.05) is 46.4 Å². The lowest BCUT2D eigenvalue weighted by atomic mass is 9.95. The van der Waals surface area contributed by atoms with E-state index in [9.17, 15) is 9.59 Å². The van der Waals surface area contributed by atoms with Gasteiger partial charge in [0.15, 0.2) is 5.96 Å². The summed E-state index contributed by atoms with van der Waals surface area (Å²) in [4.78, 5) is 29.3. The van der Waals surface area contributed by atoms with Crippen molar-refractivity contribution in [1.29, 1.82) is 0 Å². The molecular formula is C15H30IN5O3. The molecule has 0 spiro atoms. The summed E-state index contributed by atoms with van der Waals surface area (Å²) >= 11 is 0. The summed E-state index contributed by atoms with van der Waals surface area (Å²) in [6.07, 6.45) is 2.38. The molecule has 0 aromatic heterocycles. The first-order valence-corrected chi connectivity index (χ1v) is 8.14. The lowest BCUT2D eigenvalue weighted by molar-refractivity contribution is -0.120. The quantitative estimate of drug-likeness (QED) is 0.205. The summed E-state index contributed by atoms with van der Waals surface area (Å²) in [6, 6.07) is 0. The van der Waals surface area contributed by atoms with Gasteiger partial charge < -0.3 is 26.0 Å². The lowest BCUT2D eigenvalue weighted by Crippen LogP contribution is -2.47. The molecule has 24 heavy (non-hydrogen) atoms. The van der Waals surface area contributed by atoms with Crippen molar-refractivity contribution in [2.24, 2.45) is 16.6 Å². The van der Waals surface area contributed by atoms with Crippen molar-refractivity contribution >= 4 is 41.8 Å². The van der Waals surface area contributed by atoms with Crippen LogP contribution in [0.1, 0.15) is 26.2 Å². The van der Waals surface area contributed by atoms with Crippen molar-refractivity contribution in [3.8, 4) is 0 Å². The number of hydrogen-bond acceptors (Lipinski definition) is 4. The average molecular weight is 455 g/mol. The van der Waals surface area contributed by atoms with Crippen LogP contribution >= 0.6 is 24.0 Å². The second-order valence-electron chi connectivity index (χ2n) is 5.64. The zero-order chi connectivity index (χ0) is 17.1. The molecule has 1 aliphatic rings. The van der Waals surface area contributed by atoms with Crippen molar-refractivity contribution in [2.45, 2.75) is 26.2 Å². The molecule has 0 saturated carbocycles. The van der Waals surface area contributed by atoms with E-state index in [0.717, 1.165) is 32.5 Å². The maximum absolute atomic E-state index is 11.7. The Kier molecular flexibility index (Phi) is 12.6. The van der Waals surface area contributed by atoms with Crippen molar-refractivity contribution in [3.05, 3.63) is 0 Å². The Morgan fingerprint density at radius 2 is 2.12 bits per heavy atom. The summed E-state index contributed by atoms with van der Waals surface area (Å²) < 4.78 is 4.89. The van der Waals surface area contributed by atoms with Crippen LogP contribution in [0.5, 0.6) is 0 Å². The highest BCUT2D eigenvalue weighted by molar-refractivity contribution is 14.0. The van der Waals surface area contributed by atoms with Gasteiger partial charge in [0.1, 0.15) is 6.54 Å². The molecule has 0 radical (unpaired) electrons. The zero-order valence-corrected chi connectivity index (χ0v) is 16.9. The van der Waals surface area contributed by atoms with Gasteiger partial charge in [0.05, 0.1) is 6.61 Å². The molecule has 0 aromatic carbocycles. The van der Waals surface area contributed by atoms with E-state index in [1.54, 1.807) is 7.11 Å². The number of ether oxygens (including phenoxy) is 1. The summed E-state index contributed by atoms with van der Waals surface area (Å²) in [5, 5.41) is 5.94. The maximum Gasteiger partial charge on any atom is 0.241 e. The van der Waals surface area contributed by atoms with Crippen LogP contribution in [0.15, 0.2) is 4.99 Å². The van der Waals surface area contributed by atoms with Crippen molar-refractivity contribution in [3.63, 3.8) is 0 Å². The number of rotatable bonds is 8. The number of likely N-dealkylation sites (tertiary alicyclic amines) is 1. The van der Waals surface area contributed by atoms with E-state index in [1.165, 1.54) is 0 Å². The molecule has 8 nitrogen and oxygen atoms in total. The molecule has 1 aliphatic heterocycles. The van der Waals surface area contributed by atoms with Gasteiger partial charge in [-0.05, 0) is 25.7 Å². The number of nitrogens with two attached hydrogens (primary N) is 1. The molecule has 0 bridgehead atoms. The van der Waals surface area contributed by atoms with Crippen LogP contribution in [-0.2, 0) is 14.3 Å². The van der Waals surface area contributed by atoms with Crippen LogP contribution in [-0.4, -0.2) is 69.1 Å². The number of piperidine rings is 1. The van der Waals surface area contributed by atoms with Crippen LogP contribution in [0.4, 0.5) is 0 Å². The molecule has 1 unspecified atom stereocenters. The number of carbonyl (C=O) groups excluding carboxylic acids is 2. The van der Waals surface area contributed by atoms with Crippen LogP contribution in [0.3, 0.4) is 0 Å². The lowest BCUT2D eigenvalue weighted by Gasteiger charge is -2.34. The van der Waals surface area contributed by atoms with Gasteiger partial charge in [0.2, 0.25) is 11.8 Å². The normalized spacial score (nSPS) is 17.8. The molecule has 1 heterocycles. The van der Waals surface area contributed by atoms with Gasteiger partial charge in [0.25, 0.3) is 0 Å². The van der Waals surface area contributed by atoms with Crippen LogP contribution < -0.4 is 16.4 Å². The monoisotopic (exact) mass is 455 g/mol. The molecule has 2 amide bonds. The van der Waals surface area contributed by atoms with Gasteiger partial charge >= 0.3 is 0 Å². The topological polar surface area (TPSA) is 109 Å². The Bertz CT molecular complexity index is 420. The number of methoxy groups -OCH3 is 1. The molecule has 140 valence electrons. The fourth-order valence-corrected chi connectivity index (χ4v) is 2.63. The Balaban J connectivity index is 0.00000529. The highest BCUT2D eigenvalue weighted by Gasteiger charge is 2.23. The number of nitrogens with zero attached hydrogens (tertiary/aromatic N) is 2. The molecule has 0 aliphatic carbocycles. The third-order valence-corrected chi connectivity index (χ3v) is 3.64. The Hall–Kier alpha value is -1.10. The van der Waals surface area contributed by atoms with Gasteiger partial charge in [-0.1, -0.05) is 0 Å². The number of guanidine groups is 1. The van der Waals surface area contributed by atoms with Gasteiger partial charge in [-0.25, -0.2) is 4.99 Å². The van der Waals surface area contributed by atoms with E-state index in [2.05, 4.69) is 20.5 Å². The van der Waals surface area contributed by atoms with Crippen LogP contribution in [0.2, 0.25) is 0 Å². The summed E-state index contributed by atoms with van der Waals surface area (Å²) in [6.45, 7) is 5.35. The highest BCUT2D eigenvalue weighted by Crippen LogP contribution is 2.19. The van der Waals surface area contributed by atoms with Gasteiger partial charge in [-0.2, -0.15) is 0 Å². The molecular weight excluding hydrogens is 425 g/mol. The van der Waals surface area contributed by atoms with Gasteiger partial charge in [-0.3, -0.25) is 9.59 Å². The van der Waals surface area contributed by atoms with Gasteiger partial charge in [0, 0.05) is 39.7 Å². The number of nitrogens with one attached hydrogen (secondary N) is 2. The van der Waals surface area contributed by atoms with E-state index >= 15 is 0 Å². The predicted octanol–water partition coefficient (Wildman–Crippen LogP) is -0.0801. The molecule has 1 fully saturated rings.